The first-order valence-corrected chi connectivity index (χ1v) is 9.45. The molecule has 20 heavy (non-hydrogen) atoms. The summed E-state index contributed by atoms with van der Waals surface area (Å²) >= 11 is 4.10. The van der Waals surface area contributed by atoms with Crippen LogP contribution in [0.25, 0.3) is 0 Å². The standard InChI is InChI=1S/C16H23NOS2/c1-17-11-13-3-2-4-14(9-13)20-15-5-7-18-16(10-15)6-8-19-12-16/h2-4,9,15,17H,5-8,10-12H2,1H3. The second-order valence-electron chi connectivity index (χ2n) is 5.74. The lowest BCUT2D eigenvalue weighted by atomic mass is 9.93. The van der Waals surface area contributed by atoms with Crippen LogP contribution >= 0.6 is 23.5 Å². The second-order valence-corrected chi connectivity index (χ2v) is 8.22. The Hall–Kier alpha value is -0.160. The molecule has 2 aliphatic rings. The van der Waals surface area contributed by atoms with Gasteiger partial charge < -0.3 is 10.1 Å². The van der Waals surface area contributed by atoms with E-state index < -0.39 is 0 Å². The van der Waals surface area contributed by atoms with Gasteiger partial charge in [-0.25, -0.2) is 0 Å². The first-order chi connectivity index (χ1) is 9.80. The number of rotatable bonds is 4. The molecule has 1 N–H and O–H groups in total. The van der Waals surface area contributed by atoms with Crippen LogP contribution in [0.15, 0.2) is 29.2 Å². The fourth-order valence-corrected chi connectivity index (χ4v) is 5.81. The number of hydrogen-bond acceptors (Lipinski definition) is 4. The molecule has 0 aromatic heterocycles. The third kappa shape index (κ3) is 3.53. The van der Waals surface area contributed by atoms with Crippen molar-refractivity contribution in [2.75, 3.05) is 25.2 Å². The van der Waals surface area contributed by atoms with E-state index in [1.165, 1.54) is 41.2 Å². The van der Waals surface area contributed by atoms with Gasteiger partial charge in [0, 0.05) is 29.0 Å². The van der Waals surface area contributed by atoms with Gasteiger partial charge in [-0.1, -0.05) is 12.1 Å². The minimum absolute atomic E-state index is 0.198. The van der Waals surface area contributed by atoms with E-state index in [0.717, 1.165) is 13.2 Å². The monoisotopic (exact) mass is 309 g/mol. The normalized spacial score (nSPS) is 29.9. The van der Waals surface area contributed by atoms with Gasteiger partial charge in [0.25, 0.3) is 0 Å². The van der Waals surface area contributed by atoms with Crippen LogP contribution in [0, 0.1) is 0 Å². The molecule has 0 saturated carbocycles. The summed E-state index contributed by atoms with van der Waals surface area (Å²) < 4.78 is 6.11. The number of hydrogen-bond donors (Lipinski definition) is 1. The molecule has 1 aromatic rings. The first-order valence-electron chi connectivity index (χ1n) is 7.42. The van der Waals surface area contributed by atoms with Gasteiger partial charge in [0.1, 0.15) is 0 Å². The highest BCUT2D eigenvalue weighted by atomic mass is 32.2. The van der Waals surface area contributed by atoms with Crippen LogP contribution in [0.5, 0.6) is 0 Å². The molecule has 0 aliphatic carbocycles. The van der Waals surface area contributed by atoms with Crippen molar-refractivity contribution >= 4 is 23.5 Å². The Kier molecular flexibility index (Phi) is 4.97. The van der Waals surface area contributed by atoms with Crippen LogP contribution in [0.1, 0.15) is 24.8 Å². The summed E-state index contributed by atoms with van der Waals surface area (Å²) in [4.78, 5) is 1.41. The van der Waals surface area contributed by atoms with Gasteiger partial charge in [-0.05, 0) is 49.8 Å². The topological polar surface area (TPSA) is 21.3 Å². The summed E-state index contributed by atoms with van der Waals surface area (Å²) in [5, 5.41) is 3.94. The van der Waals surface area contributed by atoms with Gasteiger partial charge >= 0.3 is 0 Å². The maximum absolute atomic E-state index is 6.11. The zero-order valence-electron chi connectivity index (χ0n) is 12.1. The van der Waals surface area contributed by atoms with Crippen LogP contribution in [0.4, 0.5) is 0 Å². The lowest BCUT2D eigenvalue weighted by molar-refractivity contribution is -0.0562. The highest BCUT2D eigenvalue weighted by molar-refractivity contribution is 8.00. The molecular weight excluding hydrogens is 286 g/mol. The molecule has 3 rings (SSSR count). The molecule has 2 unspecified atom stereocenters. The third-order valence-corrected chi connectivity index (χ3v) is 6.58. The summed E-state index contributed by atoms with van der Waals surface area (Å²) in [6.45, 7) is 1.89. The first kappa shape index (κ1) is 14.8. The predicted molar refractivity (Wildman–Crippen MR) is 88.7 cm³/mol. The summed E-state index contributed by atoms with van der Waals surface area (Å²) in [6, 6.07) is 8.94. The van der Waals surface area contributed by atoms with Gasteiger partial charge in [0.05, 0.1) is 5.60 Å². The minimum atomic E-state index is 0.198. The zero-order chi connectivity index (χ0) is 13.8. The highest BCUT2D eigenvalue weighted by Crippen LogP contribution is 2.43. The Balaban J connectivity index is 1.63. The van der Waals surface area contributed by atoms with Crippen molar-refractivity contribution in [3.8, 4) is 0 Å². The maximum atomic E-state index is 6.11. The second kappa shape index (κ2) is 6.73. The Morgan fingerprint density at radius 1 is 1.50 bits per heavy atom. The van der Waals surface area contributed by atoms with Crippen LogP contribution < -0.4 is 5.32 Å². The van der Waals surface area contributed by atoms with Crippen molar-refractivity contribution in [3.63, 3.8) is 0 Å². The third-order valence-electron chi connectivity index (χ3n) is 4.10. The van der Waals surface area contributed by atoms with Crippen molar-refractivity contribution < 1.29 is 4.74 Å². The summed E-state index contributed by atoms with van der Waals surface area (Å²) in [6.07, 6.45) is 3.66. The van der Waals surface area contributed by atoms with Crippen LogP contribution in [-0.4, -0.2) is 36.0 Å². The minimum Gasteiger partial charge on any atom is -0.374 e. The van der Waals surface area contributed by atoms with Gasteiger partial charge in [-0.2, -0.15) is 11.8 Å². The van der Waals surface area contributed by atoms with E-state index in [9.17, 15) is 0 Å². The molecule has 0 amide bonds. The molecule has 2 saturated heterocycles. The van der Waals surface area contributed by atoms with Crippen molar-refractivity contribution in [2.45, 2.75) is 41.6 Å². The van der Waals surface area contributed by atoms with E-state index in [2.05, 4.69) is 41.3 Å². The van der Waals surface area contributed by atoms with Crippen molar-refractivity contribution in [3.05, 3.63) is 29.8 Å². The van der Waals surface area contributed by atoms with Gasteiger partial charge in [0.2, 0.25) is 0 Å². The zero-order valence-corrected chi connectivity index (χ0v) is 13.7. The van der Waals surface area contributed by atoms with Gasteiger partial charge in [0.15, 0.2) is 0 Å². The maximum Gasteiger partial charge on any atom is 0.0791 e. The molecule has 0 bridgehead atoms. The summed E-state index contributed by atoms with van der Waals surface area (Å²) in [5.74, 6) is 2.47. The molecule has 110 valence electrons. The summed E-state index contributed by atoms with van der Waals surface area (Å²) in [7, 11) is 2.00. The van der Waals surface area contributed by atoms with E-state index in [0.29, 0.717) is 5.25 Å². The molecule has 1 spiro atoms. The average molecular weight is 310 g/mol. The fraction of sp³-hybridized carbons (Fsp3) is 0.625. The van der Waals surface area contributed by atoms with Crippen LogP contribution in [0.2, 0.25) is 0 Å². The predicted octanol–water partition coefficient (Wildman–Crippen LogP) is 3.55. The average Bonchev–Trinajstić information content (AvgIpc) is 2.87. The number of ether oxygens (including phenoxy) is 1. The molecule has 2 nitrogen and oxygen atoms in total. The van der Waals surface area contributed by atoms with Crippen molar-refractivity contribution in [2.24, 2.45) is 0 Å². The molecule has 2 aliphatic heterocycles. The quantitative estimate of drug-likeness (QED) is 0.918. The number of thioether (sulfide) groups is 2. The Morgan fingerprint density at radius 3 is 3.25 bits per heavy atom. The smallest absolute Gasteiger partial charge is 0.0791 e. The van der Waals surface area contributed by atoms with Gasteiger partial charge in [-0.3, -0.25) is 0 Å². The number of benzene rings is 1. The summed E-state index contributed by atoms with van der Waals surface area (Å²) in [5.41, 5.74) is 1.57. The Morgan fingerprint density at radius 2 is 2.45 bits per heavy atom. The largest absolute Gasteiger partial charge is 0.374 e. The van der Waals surface area contributed by atoms with E-state index in [1.807, 2.05) is 18.8 Å². The molecule has 0 radical (unpaired) electrons. The van der Waals surface area contributed by atoms with Crippen LogP contribution in [-0.2, 0) is 11.3 Å². The molecule has 2 atom stereocenters. The SMILES string of the molecule is CNCc1cccc(SC2CCOC3(CCSC3)C2)c1. The van der Waals surface area contributed by atoms with Crippen molar-refractivity contribution in [1.82, 2.24) is 5.32 Å². The molecule has 2 heterocycles. The fourth-order valence-electron chi connectivity index (χ4n) is 3.07. The molecule has 1 aromatic carbocycles. The molecular formula is C16H23NOS2. The van der Waals surface area contributed by atoms with E-state index in [4.69, 9.17) is 4.74 Å². The molecule has 4 heteroatoms. The Bertz CT molecular complexity index is 446. The number of nitrogens with one attached hydrogen (secondary N) is 1. The highest BCUT2D eigenvalue weighted by Gasteiger charge is 2.40. The van der Waals surface area contributed by atoms with Crippen LogP contribution in [0.3, 0.4) is 0 Å². The molecule has 2 fully saturated rings. The Labute approximate surface area is 130 Å². The van der Waals surface area contributed by atoms with Crippen molar-refractivity contribution in [1.29, 1.82) is 0 Å². The van der Waals surface area contributed by atoms with E-state index in [-0.39, 0.29) is 5.60 Å². The lowest BCUT2D eigenvalue weighted by Crippen LogP contribution is -2.40. The van der Waals surface area contributed by atoms with E-state index in [1.54, 1.807) is 0 Å². The lowest BCUT2D eigenvalue weighted by Gasteiger charge is -2.37. The van der Waals surface area contributed by atoms with Gasteiger partial charge in [-0.15, -0.1) is 11.8 Å². The van der Waals surface area contributed by atoms with E-state index >= 15 is 0 Å².